The van der Waals surface area contributed by atoms with E-state index in [4.69, 9.17) is 4.74 Å². The van der Waals surface area contributed by atoms with E-state index in [1.165, 1.54) is 0 Å². The number of aliphatic carboxylic acids is 1. The van der Waals surface area contributed by atoms with Gasteiger partial charge in [-0.25, -0.2) is 4.79 Å². The highest BCUT2D eigenvalue weighted by atomic mass is 16.5. The van der Waals surface area contributed by atoms with Crippen molar-refractivity contribution >= 4 is 17.7 Å². The quantitative estimate of drug-likeness (QED) is 0.775. The summed E-state index contributed by atoms with van der Waals surface area (Å²) in [6, 6.07) is -0.985. The summed E-state index contributed by atoms with van der Waals surface area (Å²) in [7, 11) is 0. The molecule has 2 aliphatic rings. The van der Waals surface area contributed by atoms with Gasteiger partial charge in [-0.3, -0.25) is 9.59 Å². The Kier molecular flexibility index (Phi) is 4.52. The van der Waals surface area contributed by atoms with Gasteiger partial charge in [-0.05, 0) is 31.6 Å². The van der Waals surface area contributed by atoms with Gasteiger partial charge in [0.15, 0.2) is 0 Å². The summed E-state index contributed by atoms with van der Waals surface area (Å²) >= 11 is 0. The van der Waals surface area contributed by atoms with Gasteiger partial charge in [-0.15, -0.1) is 0 Å². The lowest BCUT2D eigenvalue weighted by Gasteiger charge is -2.28. The van der Waals surface area contributed by atoms with Crippen LogP contribution in [-0.4, -0.2) is 41.5 Å². The van der Waals surface area contributed by atoms with Crippen LogP contribution in [-0.2, 0) is 19.1 Å². The number of carbonyl (C=O) groups is 3. The molecule has 0 aromatic carbocycles. The van der Waals surface area contributed by atoms with Crippen molar-refractivity contribution in [2.45, 2.75) is 50.7 Å². The fourth-order valence-corrected chi connectivity index (χ4v) is 2.75. The number of carboxylic acids is 1. The zero-order chi connectivity index (χ0) is 13.8. The Balaban J connectivity index is 1.97. The van der Waals surface area contributed by atoms with Gasteiger partial charge >= 0.3 is 5.97 Å². The first-order valence-electron chi connectivity index (χ1n) is 6.74. The highest BCUT2D eigenvalue weighted by molar-refractivity contribution is 5.87. The molecule has 1 heterocycles. The molecule has 1 aliphatic carbocycles. The number of carbonyl (C=O) groups excluding carboxylic acids is 2. The normalized spacial score (nSPS) is 28.9. The fourth-order valence-electron chi connectivity index (χ4n) is 2.75. The molecule has 2 fully saturated rings. The number of nitrogens with one attached hydrogen (secondary N) is 1. The second kappa shape index (κ2) is 6.14. The third-order valence-corrected chi connectivity index (χ3v) is 3.78. The molecule has 0 spiro atoms. The molecule has 2 rings (SSSR count). The molecule has 19 heavy (non-hydrogen) atoms. The van der Waals surface area contributed by atoms with E-state index in [-0.39, 0.29) is 24.0 Å². The van der Waals surface area contributed by atoms with Crippen molar-refractivity contribution < 1.29 is 24.2 Å². The van der Waals surface area contributed by atoms with Crippen LogP contribution in [0.4, 0.5) is 0 Å². The van der Waals surface area contributed by atoms with E-state index in [1.807, 2.05) is 0 Å². The Hall–Kier alpha value is -1.43. The van der Waals surface area contributed by atoms with Gasteiger partial charge in [0.2, 0.25) is 5.91 Å². The third kappa shape index (κ3) is 3.53. The number of ether oxygens (including phenoxy) is 1. The Labute approximate surface area is 111 Å². The molecule has 0 radical (unpaired) electrons. The minimum absolute atomic E-state index is 0.0777. The third-order valence-electron chi connectivity index (χ3n) is 3.78. The van der Waals surface area contributed by atoms with E-state index in [2.05, 4.69) is 5.32 Å². The van der Waals surface area contributed by atoms with Gasteiger partial charge in [-0.2, -0.15) is 0 Å². The van der Waals surface area contributed by atoms with Crippen LogP contribution in [0, 0.1) is 5.92 Å². The fraction of sp³-hybridized carbons (Fsp3) is 0.769. The maximum absolute atomic E-state index is 11.9. The highest BCUT2D eigenvalue weighted by Gasteiger charge is 2.35. The van der Waals surface area contributed by atoms with Crippen LogP contribution >= 0.6 is 0 Å². The zero-order valence-electron chi connectivity index (χ0n) is 10.8. The number of hydrogen-bond acceptors (Lipinski definition) is 4. The molecule has 0 unspecified atom stereocenters. The second-order valence-electron chi connectivity index (χ2n) is 5.22. The smallest absolute Gasteiger partial charge is 0.326 e. The lowest BCUT2D eigenvalue weighted by atomic mass is 9.83. The van der Waals surface area contributed by atoms with Gasteiger partial charge in [-0.1, -0.05) is 0 Å². The summed E-state index contributed by atoms with van der Waals surface area (Å²) in [5.41, 5.74) is 0. The van der Waals surface area contributed by atoms with Gasteiger partial charge in [0.1, 0.15) is 17.9 Å². The van der Waals surface area contributed by atoms with Crippen molar-refractivity contribution in [3.05, 3.63) is 0 Å². The van der Waals surface area contributed by atoms with Crippen molar-refractivity contribution in [1.82, 2.24) is 5.32 Å². The number of amides is 1. The molecule has 0 bridgehead atoms. The average molecular weight is 269 g/mol. The van der Waals surface area contributed by atoms with E-state index in [0.29, 0.717) is 32.3 Å². The molecule has 6 nitrogen and oxygen atoms in total. The monoisotopic (exact) mass is 269 g/mol. The molecule has 2 N–H and O–H groups in total. The predicted octanol–water partition coefficient (Wildman–Crippen LogP) is 0.494. The SMILES string of the molecule is O=C1CCC[C@@H]([C@@H](NC(=O)[C@@H]2CCCO2)C(=O)O)C1. The van der Waals surface area contributed by atoms with Gasteiger partial charge in [0.25, 0.3) is 0 Å². The predicted molar refractivity (Wildman–Crippen MR) is 65.5 cm³/mol. The molecular formula is C13H19NO5. The average Bonchev–Trinajstić information content (AvgIpc) is 2.89. The summed E-state index contributed by atoms with van der Waals surface area (Å²) in [5, 5.41) is 11.8. The maximum Gasteiger partial charge on any atom is 0.326 e. The van der Waals surface area contributed by atoms with Crippen LogP contribution < -0.4 is 5.32 Å². The number of Topliss-reactive ketones (excluding diaryl/α,β-unsaturated/α-hetero) is 1. The van der Waals surface area contributed by atoms with Crippen molar-refractivity contribution in [3.63, 3.8) is 0 Å². The van der Waals surface area contributed by atoms with Gasteiger partial charge in [0, 0.05) is 19.4 Å². The van der Waals surface area contributed by atoms with E-state index < -0.39 is 18.1 Å². The van der Waals surface area contributed by atoms with Crippen LogP contribution in [0.15, 0.2) is 0 Å². The molecule has 0 aromatic heterocycles. The zero-order valence-corrected chi connectivity index (χ0v) is 10.8. The second-order valence-corrected chi connectivity index (χ2v) is 5.22. The van der Waals surface area contributed by atoms with Crippen LogP contribution in [0.3, 0.4) is 0 Å². The van der Waals surface area contributed by atoms with Crippen LogP contribution in [0.2, 0.25) is 0 Å². The Bertz CT molecular complexity index is 375. The van der Waals surface area contributed by atoms with Crippen LogP contribution in [0.1, 0.15) is 38.5 Å². The lowest BCUT2D eigenvalue weighted by Crippen LogP contribution is -2.50. The number of hydrogen-bond donors (Lipinski definition) is 2. The van der Waals surface area contributed by atoms with Crippen molar-refractivity contribution in [2.75, 3.05) is 6.61 Å². The highest BCUT2D eigenvalue weighted by Crippen LogP contribution is 2.25. The van der Waals surface area contributed by atoms with E-state index in [1.54, 1.807) is 0 Å². The largest absolute Gasteiger partial charge is 0.480 e. The van der Waals surface area contributed by atoms with E-state index in [0.717, 1.165) is 6.42 Å². The summed E-state index contributed by atoms with van der Waals surface area (Å²) < 4.78 is 5.23. The number of ketones is 1. The first-order chi connectivity index (χ1) is 9.08. The molecule has 3 atom stereocenters. The van der Waals surface area contributed by atoms with E-state index >= 15 is 0 Å². The van der Waals surface area contributed by atoms with Gasteiger partial charge < -0.3 is 15.2 Å². The molecule has 106 valence electrons. The minimum Gasteiger partial charge on any atom is -0.480 e. The molecular weight excluding hydrogens is 250 g/mol. The summed E-state index contributed by atoms with van der Waals surface area (Å²) in [6.45, 7) is 0.539. The molecule has 1 saturated carbocycles. The van der Waals surface area contributed by atoms with Crippen LogP contribution in [0.25, 0.3) is 0 Å². The standard InChI is InChI=1S/C13H19NO5/c15-9-4-1-3-8(7-9)11(13(17)18)14-12(16)10-5-2-6-19-10/h8,10-11H,1-7H2,(H,14,16)(H,17,18)/t8-,10+,11-/m1/s1. The Morgan fingerprint density at radius 3 is 2.68 bits per heavy atom. The van der Waals surface area contributed by atoms with Crippen molar-refractivity contribution in [3.8, 4) is 0 Å². The Morgan fingerprint density at radius 1 is 1.32 bits per heavy atom. The van der Waals surface area contributed by atoms with Crippen LogP contribution in [0.5, 0.6) is 0 Å². The summed E-state index contributed by atoms with van der Waals surface area (Å²) in [5.74, 6) is -1.67. The van der Waals surface area contributed by atoms with Crippen molar-refractivity contribution in [2.24, 2.45) is 5.92 Å². The summed E-state index contributed by atoms with van der Waals surface area (Å²) in [4.78, 5) is 34.6. The molecule has 1 amide bonds. The lowest BCUT2D eigenvalue weighted by molar-refractivity contribution is -0.146. The first-order valence-corrected chi connectivity index (χ1v) is 6.74. The maximum atomic E-state index is 11.9. The molecule has 0 aromatic rings. The first kappa shape index (κ1) is 14.0. The Morgan fingerprint density at radius 2 is 2.11 bits per heavy atom. The number of rotatable bonds is 4. The minimum atomic E-state index is -1.08. The van der Waals surface area contributed by atoms with Gasteiger partial charge in [0.05, 0.1) is 0 Å². The number of carboxylic acid groups (broad SMARTS) is 1. The summed E-state index contributed by atoms with van der Waals surface area (Å²) in [6.07, 6.45) is 3.02. The van der Waals surface area contributed by atoms with E-state index in [9.17, 15) is 19.5 Å². The van der Waals surface area contributed by atoms with Crippen molar-refractivity contribution in [1.29, 1.82) is 0 Å². The molecule has 1 aliphatic heterocycles. The molecule has 1 saturated heterocycles. The molecule has 6 heteroatoms. The topological polar surface area (TPSA) is 92.7 Å².